The molecule has 0 aliphatic carbocycles. The van der Waals surface area contributed by atoms with Crippen molar-refractivity contribution in [1.29, 1.82) is 0 Å². The minimum Gasteiger partial charge on any atom is -0.454 e. The maximum Gasteiger partial charge on any atom is 0.238 e. The van der Waals surface area contributed by atoms with E-state index in [4.69, 9.17) is 9.47 Å². The standard InChI is InChI=1S/C37H30N2O5/c1-2-7-22-12-14-24(15-13-22)33(40)31-32(34(41)25-16-17-29-30(20-25)44-21-43-29)39-19-18-23-8-3-4-9-26(23)35(39)37(31)27-10-5-6-11-28(27)38-36(37)42/h3-6,8-20,31-32,35H,2,7,21H2,1H3,(H,38,42)/t31-,32-,35-,37-/m1/s1. The molecule has 4 aromatic rings. The third kappa shape index (κ3) is 3.65. The average Bonchev–Trinajstić information content (AvgIpc) is 3.74. The first-order valence-corrected chi connectivity index (χ1v) is 15.0. The highest BCUT2D eigenvalue weighted by molar-refractivity contribution is 6.16. The SMILES string of the molecule is CCCc1ccc(C(=O)[C@H]2[C@H](C(=O)c3ccc4c(c3)OCO4)N3C=Cc4ccccc4[C@@H]3[C@]23C(=O)Nc2ccccc23)cc1. The van der Waals surface area contributed by atoms with Gasteiger partial charge in [-0.2, -0.15) is 0 Å². The molecule has 0 radical (unpaired) electrons. The quantitative estimate of drug-likeness (QED) is 0.267. The lowest BCUT2D eigenvalue weighted by Crippen LogP contribution is -2.49. The molecule has 0 bridgehead atoms. The van der Waals surface area contributed by atoms with Crippen LogP contribution in [0, 0.1) is 5.92 Å². The van der Waals surface area contributed by atoms with Gasteiger partial charge in [-0.15, -0.1) is 0 Å². The van der Waals surface area contributed by atoms with Gasteiger partial charge in [0.2, 0.25) is 12.7 Å². The second-order valence-electron chi connectivity index (χ2n) is 11.8. The van der Waals surface area contributed by atoms with Crippen LogP contribution in [0.4, 0.5) is 5.69 Å². The summed E-state index contributed by atoms with van der Waals surface area (Å²) in [4.78, 5) is 46.3. The third-order valence-electron chi connectivity index (χ3n) is 9.56. The molecule has 4 aliphatic heterocycles. The predicted octanol–water partition coefficient (Wildman–Crippen LogP) is 6.35. The maximum absolute atomic E-state index is 15.0. The molecule has 218 valence electrons. The molecule has 1 saturated heterocycles. The van der Waals surface area contributed by atoms with E-state index in [1.165, 1.54) is 0 Å². The van der Waals surface area contributed by atoms with Crippen LogP contribution in [0.2, 0.25) is 0 Å². The number of rotatable bonds is 6. The Morgan fingerprint density at radius 3 is 2.48 bits per heavy atom. The van der Waals surface area contributed by atoms with Crippen molar-refractivity contribution >= 4 is 29.2 Å². The zero-order valence-corrected chi connectivity index (χ0v) is 24.2. The molecule has 0 saturated carbocycles. The second kappa shape index (κ2) is 9.95. The summed E-state index contributed by atoms with van der Waals surface area (Å²) in [6, 6.07) is 26.6. The number of Topliss-reactive ketones (excluding diaryl/α,β-unsaturated/α-hetero) is 2. The number of para-hydroxylation sites is 1. The molecule has 4 aromatic carbocycles. The van der Waals surface area contributed by atoms with Crippen molar-refractivity contribution in [3.05, 3.63) is 131 Å². The minimum atomic E-state index is -1.37. The lowest BCUT2D eigenvalue weighted by molar-refractivity contribution is -0.122. The number of ketones is 2. The van der Waals surface area contributed by atoms with Crippen LogP contribution in [0.1, 0.15) is 62.4 Å². The lowest BCUT2D eigenvalue weighted by atomic mass is 9.62. The van der Waals surface area contributed by atoms with E-state index in [2.05, 4.69) is 12.2 Å². The number of carbonyl (C=O) groups is 3. The van der Waals surface area contributed by atoms with Crippen LogP contribution in [0.3, 0.4) is 0 Å². The van der Waals surface area contributed by atoms with E-state index in [1.54, 1.807) is 18.2 Å². The van der Waals surface area contributed by atoms with Gasteiger partial charge in [0.05, 0.1) is 12.0 Å². The van der Waals surface area contributed by atoms with Gasteiger partial charge >= 0.3 is 0 Å². The predicted molar refractivity (Wildman–Crippen MR) is 166 cm³/mol. The minimum absolute atomic E-state index is 0.0827. The van der Waals surface area contributed by atoms with Gasteiger partial charge in [-0.25, -0.2) is 0 Å². The summed E-state index contributed by atoms with van der Waals surface area (Å²) < 4.78 is 11.1. The summed E-state index contributed by atoms with van der Waals surface area (Å²) in [6.07, 6.45) is 5.74. The number of ether oxygens (including phenoxy) is 2. The molecule has 0 unspecified atom stereocenters. The monoisotopic (exact) mass is 582 g/mol. The van der Waals surface area contributed by atoms with Gasteiger partial charge in [0, 0.05) is 23.0 Å². The van der Waals surface area contributed by atoms with Crippen molar-refractivity contribution in [2.75, 3.05) is 12.1 Å². The van der Waals surface area contributed by atoms with E-state index in [-0.39, 0.29) is 24.3 Å². The van der Waals surface area contributed by atoms with Crippen LogP contribution < -0.4 is 14.8 Å². The number of hydrogen-bond acceptors (Lipinski definition) is 6. The van der Waals surface area contributed by atoms with Crippen molar-refractivity contribution in [1.82, 2.24) is 4.90 Å². The number of benzene rings is 4. The lowest BCUT2D eigenvalue weighted by Gasteiger charge is -2.38. The Labute approximate surface area is 255 Å². The fourth-order valence-corrected chi connectivity index (χ4v) is 7.69. The molecular weight excluding hydrogens is 552 g/mol. The van der Waals surface area contributed by atoms with Gasteiger partial charge < -0.3 is 19.7 Å². The number of amides is 1. The fourth-order valence-electron chi connectivity index (χ4n) is 7.69. The Morgan fingerprint density at radius 1 is 0.886 bits per heavy atom. The summed E-state index contributed by atoms with van der Waals surface area (Å²) in [5.41, 5.74) is 3.89. The summed E-state index contributed by atoms with van der Waals surface area (Å²) in [6.45, 7) is 2.20. The molecule has 1 amide bonds. The van der Waals surface area contributed by atoms with Crippen LogP contribution in [-0.4, -0.2) is 35.2 Å². The van der Waals surface area contributed by atoms with Gasteiger partial charge in [0.15, 0.2) is 23.1 Å². The molecule has 1 spiro atoms. The first kappa shape index (κ1) is 26.5. The fraction of sp³-hybridized carbons (Fsp3) is 0.216. The molecule has 4 aliphatic rings. The van der Waals surface area contributed by atoms with Gasteiger partial charge in [0.25, 0.3) is 0 Å². The van der Waals surface area contributed by atoms with Crippen LogP contribution in [-0.2, 0) is 16.6 Å². The number of nitrogens with zero attached hydrogens (tertiary/aromatic N) is 1. The van der Waals surface area contributed by atoms with Crippen molar-refractivity contribution in [3.63, 3.8) is 0 Å². The molecule has 8 rings (SSSR count). The Morgan fingerprint density at radius 2 is 1.64 bits per heavy atom. The normalized spacial score (nSPS) is 23.7. The Hall–Kier alpha value is -5.17. The topological polar surface area (TPSA) is 84.9 Å². The van der Waals surface area contributed by atoms with Gasteiger partial charge in [-0.05, 0) is 59.0 Å². The number of aryl methyl sites for hydroxylation is 1. The molecule has 0 aromatic heterocycles. The maximum atomic E-state index is 15.0. The number of fused-ring (bicyclic) bond motifs is 7. The van der Waals surface area contributed by atoms with E-state index in [1.807, 2.05) is 90.0 Å². The molecule has 4 atom stereocenters. The first-order valence-electron chi connectivity index (χ1n) is 15.0. The highest BCUT2D eigenvalue weighted by Gasteiger charge is 2.70. The van der Waals surface area contributed by atoms with Crippen molar-refractivity contribution in [2.45, 2.75) is 37.3 Å². The van der Waals surface area contributed by atoms with Crippen LogP contribution in [0.15, 0.2) is 97.2 Å². The summed E-state index contributed by atoms with van der Waals surface area (Å²) in [5, 5.41) is 3.10. The third-order valence-corrected chi connectivity index (χ3v) is 9.56. The molecule has 4 heterocycles. The Bertz CT molecular complexity index is 1880. The zero-order valence-electron chi connectivity index (χ0n) is 24.2. The summed E-state index contributed by atoms with van der Waals surface area (Å²) in [5.74, 6) is -0.745. The van der Waals surface area contributed by atoms with Crippen molar-refractivity contribution < 1.29 is 23.9 Å². The molecule has 7 nitrogen and oxygen atoms in total. The average molecular weight is 583 g/mol. The number of hydrogen-bond donors (Lipinski definition) is 1. The largest absolute Gasteiger partial charge is 0.454 e. The summed E-state index contributed by atoms with van der Waals surface area (Å²) >= 11 is 0. The Balaban J connectivity index is 1.37. The van der Waals surface area contributed by atoms with E-state index in [9.17, 15) is 14.4 Å². The number of nitrogens with one attached hydrogen (secondary N) is 1. The Kier molecular flexibility index (Phi) is 5.98. The van der Waals surface area contributed by atoms with E-state index in [0.29, 0.717) is 28.3 Å². The highest BCUT2D eigenvalue weighted by Crippen LogP contribution is 2.62. The molecule has 44 heavy (non-hydrogen) atoms. The van der Waals surface area contributed by atoms with Crippen molar-refractivity contribution in [2.24, 2.45) is 5.92 Å². The molecule has 1 N–H and O–H groups in total. The van der Waals surface area contributed by atoms with E-state index < -0.39 is 23.4 Å². The summed E-state index contributed by atoms with van der Waals surface area (Å²) in [7, 11) is 0. The number of carbonyl (C=O) groups excluding carboxylic acids is 3. The van der Waals surface area contributed by atoms with Crippen molar-refractivity contribution in [3.8, 4) is 11.5 Å². The molecule has 1 fully saturated rings. The zero-order chi connectivity index (χ0) is 30.0. The van der Waals surface area contributed by atoms with Crippen LogP contribution >= 0.6 is 0 Å². The van der Waals surface area contributed by atoms with E-state index in [0.717, 1.165) is 35.1 Å². The van der Waals surface area contributed by atoms with Crippen LogP contribution in [0.5, 0.6) is 11.5 Å². The second-order valence-corrected chi connectivity index (χ2v) is 11.8. The smallest absolute Gasteiger partial charge is 0.238 e. The highest BCUT2D eigenvalue weighted by atomic mass is 16.7. The van der Waals surface area contributed by atoms with Gasteiger partial charge in [-0.1, -0.05) is 80.1 Å². The molecular formula is C37H30N2O5. The number of anilines is 1. The van der Waals surface area contributed by atoms with Gasteiger partial charge in [0.1, 0.15) is 11.5 Å². The van der Waals surface area contributed by atoms with Crippen LogP contribution in [0.25, 0.3) is 6.08 Å². The first-order chi connectivity index (χ1) is 21.5. The van der Waals surface area contributed by atoms with E-state index >= 15 is 0 Å². The van der Waals surface area contributed by atoms with Gasteiger partial charge in [-0.3, -0.25) is 14.4 Å². The molecule has 7 heteroatoms.